The van der Waals surface area contributed by atoms with Gasteiger partial charge < -0.3 is 15.4 Å². The van der Waals surface area contributed by atoms with Gasteiger partial charge in [-0.3, -0.25) is 0 Å². The van der Waals surface area contributed by atoms with E-state index in [1.807, 2.05) is 67.5 Å². The summed E-state index contributed by atoms with van der Waals surface area (Å²) < 4.78 is 5.83. The Bertz CT molecular complexity index is 523. The van der Waals surface area contributed by atoms with Gasteiger partial charge in [0.15, 0.2) is 0 Å². The van der Waals surface area contributed by atoms with Crippen molar-refractivity contribution >= 4 is 5.69 Å². The number of ether oxygens (including phenoxy) is 1. The van der Waals surface area contributed by atoms with E-state index in [0.717, 1.165) is 22.7 Å². The van der Waals surface area contributed by atoms with Gasteiger partial charge in [-0.2, -0.15) is 0 Å². The number of hydrogen-bond acceptors (Lipinski definition) is 3. The van der Waals surface area contributed by atoms with Crippen molar-refractivity contribution in [2.45, 2.75) is 6.54 Å². The number of benzene rings is 2. The Morgan fingerprint density at radius 2 is 1.67 bits per heavy atom. The summed E-state index contributed by atoms with van der Waals surface area (Å²) in [5, 5.41) is 0. The molecule has 18 heavy (non-hydrogen) atoms. The van der Waals surface area contributed by atoms with Crippen LogP contribution in [0.1, 0.15) is 5.56 Å². The summed E-state index contributed by atoms with van der Waals surface area (Å²) in [5.74, 6) is 1.64. The van der Waals surface area contributed by atoms with Crippen LogP contribution in [-0.4, -0.2) is 14.1 Å². The minimum atomic E-state index is 0.523. The van der Waals surface area contributed by atoms with Crippen molar-refractivity contribution in [3.63, 3.8) is 0 Å². The first-order valence-electron chi connectivity index (χ1n) is 5.93. The molecule has 0 spiro atoms. The average Bonchev–Trinajstić information content (AvgIpc) is 2.39. The van der Waals surface area contributed by atoms with Crippen molar-refractivity contribution in [1.82, 2.24) is 0 Å². The first-order valence-corrected chi connectivity index (χ1v) is 5.93. The maximum atomic E-state index is 5.83. The van der Waals surface area contributed by atoms with E-state index >= 15 is 0 Å². The number of nitrogens with zero attached hydrogens (tertiary/aromatic N) is 1. The summed E-state index contributed by atoms with van der Waals surface area (Å²) in [6, 6.07) is 15.8. The predicted octanol–water partition coefficient (Wildman–Crippen LogP) is 3.00. The van der Waals surface area contributed by atoms with Gasteiger partial charge >= 0.3 is 0 Å². The SMILES string of the molecule is CN(C)c1cccc(Oc2cccc(CN)c2)c1. The molecule has 0 aromatic heterocycles. The number of nitrogens with two attached hydrogens (primary N) is 1. The fourth-order valence-corrected chi connectivity index (χ4v) is 1.70. The van der Waals surface area contributed by atoms with Gasteiger partial charge in [0, 0.05) is 32.4 Å². The van der Waals surface area contributed by atoms with Gasteiger partial charge in [0.2, 0.25) is 0 Å². The predicted molar refractivity (Wildman–Crippen MR) is 75.2 cm³/mol. The lowest BCUT2D eigenvalue weighted by Crippen LogP contribution is -2.08. The zero-order valence-electron chi connectivity index (χ0n) is 10.8. The molecule has 3 nitrogen and oxygen atoms in total. The lowest BCUT2D eigenvalue weighted by molar-refractivity contribution is 0.482. The van der Waals surface area contributed by atoms with Crippen LogP contribution in [0.4, 0.5) is 5.69 Å². The molecule has 0 aliphatic rings. The fraction of sp³-hybridized carbons (Fsp3) is 0.200. The molecule has 2 N–H and O–H groups in total. The van der Waals surface area contributed by atoms with Crippen LogP contribution in [0, 0.1) is 0 Å². The molecular weight excluding hydrogens is 224 g/mol. The van der Waals surface area contributed by atoms with Gasteiger partial charge in [0.25, 0.3) is 0 Å². The number of anilines is 1. The van der Waals surface area contributed by atoms with Crippen molar-refractivity contribution in [1.29, 1.82) is 0 Å². The van der Waals surface area contributed by atoms with Crippen LogP contribution in [0.25, 0.3) is 0 Å². The molecule has 0 bridgehead atoms. The van der Waals surface area contributed by atoms with Crippen LogP contribution >= 0.6 is 0 Å². The van der Waals surface area contributed by atoms with E-state index < -0.39 is 0 Å². The van der Waals surface area contributed by atoms with Crippen molar-refractivity contribution in [2.24, 2.45) is 5.73 Å². The summed E-state index contributed by atoms with van der Waals surface area (Å²) >= 11 is 0. The van der Waals surface area contributed by atoms with Crippen LogP contribution in [0.15, 0.2) is 48.5 Å². The lowest BCUT2D eigenvalue weighted by Gasteiger charge is -2.14. The largest absolute Gasteiger partial charge is 0.457 e. The zero-order chi connectivity index (χ0) is 13.0. The highest BCUT2D eigenvalue weighted by Crippen LogP contribution is 2.25. The average molecular weight is 242 g/mol. The maximum Gasteiger partial charge on any atom is 0.129 e. The summed E-state index contributed by atoms with van der Waals surface area (Å²) in [6.07, 6.45) is 0. The summed E-state index contributed by atoms with van der Waals surface area (Å²) in [4.78, 5) is 2.04. The Hall–Kier alpha value is -2.00. The van der Waals surface area contributed by atoms with Gasteiger partial charge in [0.1, 0.15) is 11.5 Å². The second-order valence-electron chi connectivity index (χ2n) is 4.35. The summed E-state index contributed by atoms with van der Waals surface area (Å²) in [6.45, 7) is 0.523. The second-order valence-corrected chi connectivity index (χ2v) is 4.35. The molecule has 0 aliphatic carbocycles. The second kappa shape index (κ2) is 5.56. The van der Waals surface area contributed by atoms with Gasteiger partial charge in [-0.1, -0.05) is 18.2 Å². The van der Waals surface area contributed by atoms with Crippen LogP contribution < -0.4 is 15.4 Å². The minimum absolute atomic E-state index is 0.523. The molecule has 94 valence electrons. The van der Waals surface area contributed by atoms with E-state index in [1.54, 1.807) is 0 Å². The Balaban J connectivity index is 2.20. The van der Waals surface area contributed by atoms with E-state index in [1.165, 1.54) is 0 Å². The smallest absolute Gasteiger partial charge is 0.129 e. The molecule has 3 heteroatoms. The van der Waals surface area contributed by atoms with Crippen molar-refractivity contribution < 1.29 is 4.74 Å². The lowest BCUT2D eigenvalue weighted by atomic mass is 10.2. The Kier molecular flexibility index (Phi) is 3.85. The van der Waals surface area contributed by atoms with E-state index in [-0.39, 0.29) is 0 Å². The zero-order valence-corrected chi connectivity index (χ0v) is 10.8. The van der Waals surface area contributed by atoms with Crippen LogP contribution in [0.5, 0.6) is 11.5 Å². The topological polar surface area (TPSA) is 38.5 Å². The molecule has 2 aromatic carbocycles. The standard InChI is InChI=1S/C15H18N2O/c1-17(2)13-6-4-8-15(10-13)18-14-7-3-5-12(9-14)11-16/h3-10H,11,16H2,1-2H3. The highest BCUT2D eigenvalue weighted by Gasteiger charge is 2.01. The van der Waals surface area contributed by atoms with Gasteiger partial charge in [-0.05, 0) is 29.8 Å². The van der Waals surface area contributed by atoms with Gasteiger partial charge in [-0.15, -0.1) is 0 Å². The van der Waals surface area contributed by atoms with Crippen molar-refractivity contribution in [2.75, 3.05) is 19.0 Å². The third-order valence-corrected chi connectivity index (χ3v) is 2.70. The van der Waals surface area contributed by atoms with E-state index in [4.69, 9.17) is 10.5 Å². The molecular formula is C15H18N2O. The molecule has 0 unspecified atom stereocenters. The maximum absolute atomic E-state index is 5.83. The Morgan fingerprint density at radius 3 is 2.33 bits per heavy atom. The molecule has 0 heterocycles. The van der Waals surface area contributed by atoms with Gasteiger partial charge in [0.05, 0.1) is 0 Å². The van der Waals surface area contributed by atoms with Crippen LogP contribution in [-0.2, 0) is 6.54 Å². The summed E-state index contributed by atoms with van der Waals surface area (Å²) in [7, 11) is 4.02. The highest BCUT2D eigenvalue weighted by atomic mass is 16.5. The number of hydrogen-bond donors (Lipinski definition) is 1. The molecule has 0 atom stereocenters. The molecule has 0 saturated heterocycles. The van der Waals surface area contributed by atoms with E-state index in [9.17, 15) is 0 Å². The summed E-state index contributed by atoms with van der Waals surface area (Å²) in [5.41, 5.74) is 7.79. The normalized spacial score (nSPS) is 10.2. The van der Waals surface area contributed by atoms with Crippen molar-refractivity contribution in [3.8, 4) is 11.5 Å². The highest BCUT2D eigenvalue weighted by molar-refractivity contribution is 5.50. The Labute approximate surface area is 108 Å². The molecule has 0 amide bonds. The van der Waals surface area contributed by atoms with Crippen LogP contribution in [0.3, 0.4) is 0 Å². The first-order chi connectivity index (χ1) is 8.69. The third-order valence-electron chi connectivity index (χ3n) is 2.70. The third kappa shape index (κ3) is 3.02. The quantitative estimate of drug-likeness (QED) is 0.895. The van der Waals surface area contributed by atoms with E-state index in [2.05, 4.69) is 0 Å². The molecule has 0 radical (unpaired) electrons. The minimum Gasteiger partial charge on any atom is -0.457 e. The van der Waals surface area contributed by atoms with Crippen LogP contribution in [0.2, 0.25) is 0 Å². The van der Waals surface area contributed by atoms with Crippen molar-refractivity contribution in [3.05, 3.63) is 54.1 Å². The first kappa shape index (κ1) is 12.5. The fourth-order valence-electron chi connectivity index (χ4n) is 1.70. The van der Waals surface area contributed by atoms with Gasteiger partial charge in [-0.25, -0.2) is 0 Å². The molecule has 0 aliphatic heterocycles. The van der Waals surface area contributed by atoms with E-state index in [0.29, 0.717) is 6.54 Å². The molecule has 0 saturated carbocycles. The monoisotopic (exact) mass is 242 g/mol. The Morgan fingerprint density at radius 1 is 1.00 bits per heavy atom. The number of rotatable bonds is 4. The molecule has 2 aromatic rings. The molecule has 0 fully saturated rings. The molecule has 2 rings (SSSR count).